The van der Waals surface area contributed by atoms with Crippen LogP contribution in [0.1, 0.15) is 29.4 Å². The van der Waals surface area contributed by atoms with Crippen LogP contribution in [0.15, 0.2) is 53.5 Å². The summed E-state index contributed by atoms with van der Waals surface area (Å²) in [4.78, 5) is 27.9. The fourth-order valence-corrected chi connectivity index (χ4v) is 3.62. The summed E-state index contributed by atoms with van der Waals surface area (Å²) in [6.45, 7) is 2.55. The number of H-pyrrole nitrogens is 1. The van der Waals surface area contributed by atoms with Gasteiger partial charge in [-0.3, -0.25) is 14.3 Å². The number of carbonyl (C=O) groups excluding carboxylic acids is 1. The summed E-state index contributed by atoms with van der Waals surface area (Å²) >= 11 is 0. The van der Waals surface area contributed by atoms with Gasteiger partial charge in [0.25, 0.3) is 11.5 Å². The highest BCUT2D eigenvalue weighted by Crippen LogP contribution is 2.34. The van der Waals surface area contributed by atoms with Gasteiger partial charge < -0.3 is 20.8 Å². The van der Waals surface area contributed by atoms with E-state index in [0.29, 0.717) is 28.8 Å². The van der Waals surface area contributed by atoms with E-state index < -0.39 is 17.3 Å². The number of aromatic amines is 1. The maximum absolute atomic E-state index is 14.8. The lowest BCUT2D eigenvalue weighted by Gasteiger charge is -2.13. The van der Waals surface area contributed by atoms with E-state index in [1.807, 2.05) is 26.2 Å². The number of nitrogens with two attached hydrogens (primary N) is 1. The van der Waals surface area contributed by atoms with Crippen LogP contribution >= 0.6 is 0 Å². The summed E-state index contributed by atoms with van der Waals surface area (Å²) in [7, 11) is 1.81. The Kier molecular flexibility index (Phi) is 6.12. The summed E-state index contributed by atoms with van der Waals surface area (Å²) in [6, 6.07) is 11.3. The number of nitrogens with one attached hydrogen (secondary N) is 2. The fraction of sp³-hybridized carbons (Fsp3) is 0.208. The highest BCUT2D eigenvalue weighted by Gasteiger charge is 2.20. The molecule has 2 aromatic carbocycles. The third kappa shape index (κ3) is 4.43. The summed E-state index contributed by atoms with van der Waals surface area (Å²) in [5.74, 6) is -0.587. The molecule has 0 fully saturated rings. The lowest BCUT2D eigenvalue weighted by atomic mass is 9.99. The number of benzene rings is 2. The van der Waals surface area contributed by atoms with Crippen molar-refractivity contribution in [3.05, 3.63) is 76.1 Å². The van der Waals surface area contributed by atoms with Gasteiger partial charge in [0.1, 0.15) is 23.7 Å². The molecule has 0 saturated heterocycles. The molecule has 0 spiro atoms. The normalized spacial score (nSPS) is 11.0. The van der Waals surface area contributed by atoms with Crippen molar-refractivity contribution in [3.8, 4) is 16.9 Å². The van der Waals surface area contributed by atoms with Crippen molar-refractivity contribution >= 4 is 22.5 Å². The van der Waals surface area contributed by atoms with Gasteiger partial charge in [0.15, 0.2) is 0 Å². The number of anilines is 1. The summed E-state index contributed by atoms with van der Waals surface area (Å²) in [5.41, 5.74) is 7.21. The quantitative estimate of drug-likeness (QED) is 0.400. The van der Waals surface area contributed by atoms with E-state index in [9.17, 15) is 14.0 Å². The topological polar surface area (TPSA) is 115 Å². The first-order chi connectivity index (χ1) is 15.9. The van der Waals surface area contributed by atoms with Gasteiger partial charge in [0, 0.05) is 36.3 Å². The number of ether oxygens (including phenoxy) is 1. The first-order valence-electron chi connectivity index (χ1n) is 10.5. The fourth-order valence-electron chi connectivity index (χ4n) is 3.62. The number of fused-ring (bicyclic) bond motifs is 1. The average molecular weight is 449 g/mol. The number of hydrogen-bond donors (Lipinski definition) is 3. The van der Waals surface area contributed by atoms with Crippen LogP contribution in [0, 0.1) is 5.82 Å². The predicted molar refractivity (Wildman–Crippen MR) is 125 cm³/mol. The van der Waals surface area contributed by atoms with E-state index in [4.69, 9.17) is 10.5 Å². The second-order valence-corrected chi connectivity index (χ2v) is 7.64. The molecule has 0 saturated carbocycles. The Bertz CT molecular complexity index is 1390. The van der Waals surface area contributed by atoms with Crippen LogP contribution in [0.3, 0.4) is 0 Å². The Hall–Kier alpha value is -4.14. The summed E-state index contributed by atoms with van der Waals surface area (Å²) < 4.78 is 22.3. The lowest BCUT2D eigenvalue weighted by Crippen LogP contribution is -2.31. The molecular weight excluding hydrogens is 425 g/mol. The van der Waals surface area contributed by atoms with Gasteiger partial charge in [-0.15, -0.1) is 0 Å². The lowest BCUT2D eigenvalue weighted by molar-refractivity contribution is 0.0953. The number of halogens is 1. The number of aromatic nitrogens is 3. The Labute approximate surface area is 189 Å². The number of nitrogen functional groups attached to an aromatic ring is 1. The number of hydrogen-bond acceptors (Lipinski definition) is 5. The van der Waals surface area contributed by atoms with Gasteiger partial charge in [-0.2, -0.15) is 5.10 Å². The molecule has 4 aromatic rings. The molecule has 170 valence electrons. The third-order valence-corrected chi connectivity index (χ3v) is 5.24. The van der Waals surface area contributed by atoms with Crippen LogP contribution in [0.5, 0.6) is 5.75 Å². The van der Waals surface area contributed by atoms with Crippen molar-refractivity contribution in [2.45, 2.75) is 20.0 Å². The Balaban J connectivity index is 1.75. The van der Waals surface area contributed by atoms with E-state index in [0.717, 1.165) is 12.1 Å². The molecule has 0 unspecified atom stereocenters. The van der Waals surface area contributed by atoms with Gasteiger partial charge in [0.05, 0.1) is 16.9 Å². The predicted octanol–water partition coefficient (Wildman–Crippen LogP) is 3.37. The number of aryl methyl sites for hydroxylation is 1. The monoisotopic (exact) mass is 449 g/mol. The molecule has 1 amide bonds. The minimum atomic E-state index is -0.635. The largest absolute Gasteiger partial charge is 0.487 e. The number of para-hydroxylation sites is 1. The van der Waals surface area contributed by atoms with Crippen LogP contribution in [0.4, 0.5) is 10.1 Å². The summed E-state index contributed by atoms with van der Waals surface area (Å²) in [6.07, 6.45) is 2.53. The number of nitrogens with zero attached hydrogens (tertiary/aromatic N) is 2. The zero-order valence-electron chi connectivity index (χ0n) is 18.3. The standard InChI is InChI=1S/C24H24FN5O3/c1-3-10-27-23(31)20-21(26)17-6-4-5-16(22(17)28-24(20)32)18-12-15(7-8-19(18)25)33-13-14-9-11-30(2)29-14/h4-9,11-12H,3,10,13H2,1-2H3,(H,27,31)(H3,26,28,32). The van der Waals surface area contributed by atoms with Crippen molar-refractivity contribution in [3.63, 3.8) is 0 Å². The molecule has 8 nitrogen and oxygen atoms in total. The highest BCUT2D eigenvalue weighted by molar-refractivity contribution is 6.08. The van der Waals surface area contributed by atoms with Gasteiger partial charge >= 0.3 is 0 Å². The van der Waals surface area contributed by atoms with Gasteiger partial charge in [0.2, 0.25) is 0 Å². The van der Waals surface area contributed by atoms with E-state index in [1.54, 1.807) is 28.9 Å². The number of carbonyl (C=O) groups is 1. The minimum Gasteiger partial charge on any atom is -0.487 e. The second kappa shape index (κ2) is 9.15. The molecule has 0 aliphatic carbocycles. The molecule has 4 N–H and O–H groups in total. The molecule has 0 bridgehead atoms. The van der Waals surface area contributed by atoms with Crippen molar-refractivity contribution < 1.29 is 13.9 Å². The SMILES string of the molecule is CCCNC(=O)c1c(N)c2cccc(-c3cc(OCc4ccn(C)n4)ccc3F)c2[nH]c1=O. The van der Waals surface area contributed by atoms with Gasteiger partial charge in [-0.05, 0) is 30.7 Å². The summed E-state index contributed by atoms with van der Waals surface area (Å²) in [5, 5.41) is 7.37. The minimum absolute atomic E-state index is 0.0483. The van der Waals surface area contributed by atoms with Crippen LogP contribution in [0.2, 0.25) is 0 Å². The van der Waals surface area contributed by atoms with Crippen LogP contribution in [-0.2, 0) is 13.7 Å². The molecule has 0 radical (unpaired) electrons. The van der Waals surface area contributed by atoms with Crippen molar-refractivity contribution in [1.82, 2.24) is 20.1 Å². The second-order valence-electron chi connectivity index (χ2n) is 7.64. The van der Waals surface area contributed by atoms with Crippen molar-refractivity contribution in [2.24, 2.45) is 7.05 Å². The first kappa shape index (κ1) is 22.1. The molecule has 9 heteroatoms. The maximum Gasteiger partial charge on any atom is 0.263 e. The first-order valence-corrected chi connectivity index (χ1v) is 10.5. The van der Waals surface area contributed by atoms with E-state index in [1.165, 1.54) is 12.1 Å². The molecular formula is C24H24FN5O3. The molecule has 0 aliphatic rings. The molecule has 2 aromatic heterocycles. The van der Waals surface area contributed by atoms with Crippen LogP contribution in [0.25, 0.3) is 22.0 Å². The molecule has 0 aliphatic heterocycles. The molecule has 2 heterocycles. The van der Waals surface area contributed by atoms with Gasteiger partial charge in [-0.1, -0.05) is 25.1 Å². The van der Waals surface area contributed by atoms with Crippen LogP contribution in [-0.4, -0.2) is 27.2 Å². The molecule has 0 atom stereocenters. The molecule has 4 rings (SSSR count). The maximum atomic E-state index is 14.8. The van der Waals surface area contributed by atoms with Gasteiger partial charge in [-0.25, -0.2) is 4.39 Å². The van der Waals surface area contributed by atoms with Crippen molar-refractivity contribution in [2.75, 3.05) is 12.3 Å². The number of pyridine rings is 1. The van der Waals surface area contributed by atoms with Crippen LogP contribution < -0.4 is 21.3 Å². The zero-order valence-corrected chi connectivity index (χ0v) is 18.3. The Morgan fingerprint density at radius 2 is 2.06 bits per heavy atom. The van der Waals surface area contributed by atoms with E-state index in [-0.39, 0.29) is 23.4 Å². The number of amides is 1. The third-order valence-electron chi connectivity index (χ3n) is 5.24. The average Bonchev–Trinajstić information content (AvgIpc) is 3.22. The van der Waals surface area contributed by atoms with E-state index in [2.05, 4.69) is 15.4 Å². The zero-order chi connectivity index (χ0) is 23.5. The molecule has 33 heavy (non-hydrogen) atoms. The number of rotatable bonds is 7. The van der Waals surface area contributed by atoms with E-state index >= 15 is 0 Å². The van der Waals surface area contributed by atoms with Crippen molar-refractivity contribution in [1.29, 1.82) is 0 Å². The highest BCUT2D eigenvalue weighted by atomic mass is 19.1. The smallest absolute Gasteiger partial charge is 0.263 e. The Morgan fingerprint density at radius 1 is 1.24 bits per heavy atom. The Morgan fingerprint density at radius 3 is 2.79 bits per heavy atom.